The largest absolute Gasteiger partial charge is 0.433 e. The SMILES string of the molecule is FC(F)(F)c1cc(N2CCCNCC2)c2cc(Cl)ccc2n1. The average Bonchev–Trinajstić information content (AvgIpc) is 2.74. The molecule has 1 aliphatic rings. The van der Waals surface area contributed by atoms with Crippen LogP contribution in [-0.4, -0.2) is 31.2 Å². The summed E-state index contributed by atoms with van der Waals surface area (Å²) in [7, 11) is 0. The molecule has 1 aromatic carbocycles. The maximum atomic E-state index is 13.1. The average molecular weight is 330 g/mol. The van der Waals surface area contributed by atoms with Gasteiger partial charge in [0.25, 0.3) is 0 Å². The summed E-state index contributed by atoms with van der Waals surface area (Å²) in [6.07, 6.45) is -3.58. The molecule has 0 atom stereocenters. The summed E-state index contributed by atoms with van der Waals surface area (Å²) < 4.78 is 39.3. The van der Waals surface area contributed by atoms with Crippen molar-refractivity contribution >= 4 is 28.2 Å². The lowest BCUT2D eigenvalue weighted by atomic mass is 10.1. The highest BCUT2D eigenvalue weighted by Gasteiger charge is 2.34. The highest BCUT2D eigenvalue weighted by molar-refractivity contribution is 6.31. The van der Waals surface area contributed by atoms with Crippen molar-refractivity contribution in [1.29, 1.82) is 0 Å². The van der Waals surface area contributed by atoms with E-state index in [0.717, 1.165) is 25.6 Å². The van der Waals surface area contributed by atoms with Gasteiger partial charge in [-0.1, -0.05) is 11.6 Å². The van der Waals surface area contributed by atoms with Crippen molar-refractivity contribution in [3.8, 4) is 0 Å². The van der Waals surface area contributed by atoms with Gasteiger partial charge in [-0.2, -0.15) is 13.2 Å². The quantitative estimate of drug-likeness (QED) is 0.864. The summed E-state index contributed by atoms with van der Waals surface area (Å²) in [5.41, 5.74) is -0.00974. The van der Waals surface area contributed by atoms with Crippen LogP contribution in [0.5, 0.6) is 0 Å². The first kappa shape index (κ1) is 15.4. The molecule has 1 aromatic heterocycles. The first-order chi connectivity index (χ1) is 10.4. The number of benzene rings is 1. The van der Waals surface area contributed by atoms with E-state index in [1.807, 2.05) is 4.90 Å². The minimum Gasteiger partial charge on any atom is -0.370 e. The molecule has 0 aliphatic carbocycles. The molecule has 2 heterocycles. The van der Waals surface area contributed by atoms with E-state index in [2.05, 4.69) is 10.3 Å². The number of hydrogen-bond acceptors (Lipinski definition) is 3. The molecule has 0 radical (unpaired) electrons. The minimum absolute atomic E-state index is 0.312. The predicted molar refractivity (Wildman–Crippen MR) is 81.5 cm³/mol. The molecule has 22 heavy (non-hydrogen) atoms. The summed E-state index contributed by atoms with van der Waals surface area (Å²) in [6.45, 7) is 2.97. The van der Waals surface area contributed by atoms with Gasteiger partial charge in [-0.05, 0) is 37.2 Å². The van der Waals surface area contributed by atoms with Gasteiger partial charge in [-0.3, -0.25) is 0 Å². The fourth-order valence-corrected chi connectivity index (χ4v) is 2.85. The molecule has 3 rings (SSSR count). The lowest BCUT2D eigenvalue weighted by Gasteiger charge is -2.25. The fraction of sp³-hybridized carbons (Fsp3) is 0.400. The van der Waals surface area contributed by atoms with Crippen LogP contribution in [0.15, 0.2) is 24.3 Å². The van der Waals surface area contributed by atoms with Gasteiger partial charge in [-0.25, -0.2) is 4.98 Å². The Labute approximate surface area is 131 Å². The second-order valence-corrected chi connectivity index (χ2v) is 5.71. The molecule has 0 saturated carbocycles. The number of pyridine rings is 1. The molecule has 7 heteroatoms. The van der Waals surface area contributed by atoms with Gasteiger partial charge in [-0.15, -0.1) is 0 Å². The lowest BCUT2D eigenvalue weighted by Crippen LogP contribution is -2.28. The van der Waals surface area contributed by atoms with Crippen LogP contribution in [0, 0.1) is 0 Å². The van der Waals surface area contributed by atoms with E-state index < -0.39 is 11.9 Å². The third-order valence-electron chi connectivity index (χ3n) is 3.72. The van der Waals surface area contributed by atoms with Crippen LogP contribution < -0.4 is 10.2 Å². The van der Waals surface area contributed by atoms with Crippen molar-refractivity contribution in [2.24, 2.45) is 0 Å². The Bertz CT molecular complexity index is 680. The molecule has 1 N–H and O–H groups in total. The molecule has 0 spiro atoms. The lowest BCUT2D eigenvalue weighted by molar-refractivity contribution is -0.140. The monoisotopic (exact) mass is 329 g/mol. The van der Waals surface area contributed by atoms with Crippen LogP contribution in [0.3, 0.4) is 0 Å². The first-order valence-electron chi connectivity index (χ1n) is 7.08. The van der Waals surface area contributed by atoms with Gasteiger partial charge in [0.2, 0.25) is 0 Å². The summed E-state index contributed by atoms with van der Waals surface area (Å²) in [6, 6.07) is 5.90. The maximum absolute atomic E-state index is 13.1. The van der Waals surface area contributed by atoms with E-state index in [0.29, 0.717) is 34.7 Å². The van der Waals surface area contributed by atoms with Gasteiger partial charge in [0.1, 0.15) is 5.69 Å². The summed E-state index contributed by atoms with van der Waals surface area (Å²) in [4.78, 5) is 5.71. The number of rotatable bonds is 1. The maximum Gasteiger partial charge on any atom is 0.433 e. The van der Waals surface area contributed by atoms with E-state index in [1.165, 1.54) is 6.07 Å². The zero-order valence-electron chi connectivity index (χ0n) is 11.8. The van der Waals surface area contributed by atoms with Crippen LogP contribution in [0.2, 0.25) is 5.02 Å². The van der Waals surface area contributed by atoms with E-state index in [9.17, 15) is 13.2 Å². The van der Waals surface area contributed by atoms with Gasteiger partial charge in [0, 0.05) is 35.7 Å². The summed E-state index contributed by atoms with van der Waals surface area (Å²) in [5, 5.41) is 4.39. The summed E-state index contributed by atoms with van der Waals surface area (Å²) in [5.74, 6) is 0. The molecular weight excluding hydrogens is 315 g/mol. The topological polar surface area (TPSA) is 28.2 Å². The van der Waals surface area contributed by atoms with Crippen molar-refractivity contribution in [3.63, 3.8) is 0 Å². The third-order valence-corrected chi connectivity index (χ3v) is 3.96. The molecule has 1 fully saturated rings. The number of halogens is 4. The van der Waals surface area contributed by atoms with Crippen LogP contribution >= 0.6 is 11.6 Å². The predicted octanol–water partition coefficient (Wildman–Crippen LogP) is 3.71. The second-order valence-electron chi connectivity index (χ2n) is 5.28. The molecule has 3 nitrogen and oxygen atoms in total. The van der Waals surface area contributed by atoms with Crippen molar-refractivity contribution in [1.82, 2.24) is 10.3 Å². The van der Waals surface area contributed by atoms with Crippen LogP contribution in [0.4, 0.5) is 18.9 Å². The van der Waals surface area contributed by atoms with Gasteiger partial charge in [0.15, 0.2) is 0 Å². The Morgan fingerprint density at radius 3 is 2.73 bits per heavy atom. The van der Waals surface area contributed by atoms with Crippen LogP contribution in [0.1, 0.15) is 12.1 Å². The number of aromatic nitrogens is 1. The number of nitrogens with one attached hydrogen (secondary N) is 1. The van der Waals surface area contributed by atoms with Crippen molar-refractivity contribution in [2.45, 2.75) is 12.6 Å². The number of anilines is 1. The van der Waals surface area contributed by atoms with Crippen molar-refractivity contribution in [3.05, 3.63) is 35.0 Å². The van der Waals surface area contributed by atoms with E-state index in [-0.39, 0.29) is 0 Å². The molecule has 0 unspecified atom stereocenters. The standard InChI is InChI=1S/C15H15ClF3N3/c16-10-2-3-12-11(8-10)13(9-14(21-12)15(17,18)19)22-6-1-4-20-5-7-22/h2-3,8-9,20H,1,4-7H2. The van der Waals surface area contributed by atoms with Crippen molar-refractivity contribution < 1.29 is 13.2 Å². The molecule has 1 aliphatic heterocycles. The minimum atomic E-state index is -4.47. The number of alkyl halides is 3. The van der Waals surface area contributed by atoms with E-state index in [4.69, 9.17) is 11.6 Å². The highest BCUT2D eigenvalue weighted by atomic mass is 35.5. The number of fused-ring (bicyclic) bond motifs is 1. The summed E-state index contributed by atoms with van der Waals surface area (Å²) >= 11 is 6.01. The van der Waals surface area contributed by atoms with Crippen LogP contribution in [0.25, 0.3) is 10.9 Å². The Balaban J connectivity index is 2.17. The Morgan fingerprint density at radius 1 is 1.14 bits per heavy atom. The van der Waals surface area contributed by atoms with Gasteiger partial charge in [0.05, 0.1) is 5.52 Å². The van der Waals surface area contributed by atoms with E-state index in [1.54, 1.807) is 12.1 Å². The first-order valence-corrected chi connectivity index (χ1v) is 7.46. The Hall–Kier alpha value is -1.53. The molecule has 1 saturated heterocycles. The number of hydrogen-bond donors (Lipinski definition) is 1. The Morgan fingerprint density at radius 2 is 1.95 bits per heavy atom. The molecule has 0 amide bonds. The highest BCUT2D eigenvalue weighted by Crippen LogP contribution is 2.35. The zero-order chi connectivity index (χ0) is 15.7. The smallest absolute Gasteiger partial charge is 0.370 e. The van der Waals surface area contributed by atoms with Gasteiger partial charge >= 0.3 is 6.18 Å². The molecule has 0 bridgehead atoms. The van der Waals surface area contributed by atoms with E-state index >= 15 is 0 Å². The normalized spacial score (nSPS) is 16.8. The third kappa shape index (κ3) is 3.13. The molecule has 118 valence electrons. The fourth-order valence-electron chi connectivity index (χ4n) is 2.67. The number of nitrogens with zero attached hydrogens (tertiary/aromatic N) is 2. The van der Waals surface area contributed by atoms with Crippen molar-refractivity contribution in [2.75, 3.05) is 31.1 Å². The van der Waals surface area contributed by atoms with Gasteiger partial charge < -0.3 is 10.2 Å². The molecule has 2 aromatic rings. The molecular formula is C15H15ClF3N3. The second kappa shape index (κ2) is 5.93. The van der Waals surface area contributed by atoms with Crippen LogP contribution in [-0.2, 0) is 6.18 Å². The Kier molecular flexibility index (Phi) is 4.14. The zero-order valence-corrected chi connectivity index (χ0v) is 12.5.